The van der Waals surface area contributed by atoms with Crippen LogP contribution < -0.4 is 4.74 Å². The molecule has 0 aliphatic carbocycles. The van der Waals surface area contributed by atoms with Crippen molar-refractivity contribution in [3.63, 3.8) is 0 Å². The molecule has 0 aliphatic rings. The maximum absolute atomic E-state index is 9.29. The van der Waals surface area contributed by atoms with E-state index in [-0.39, 0.29) is 5.75 Å². The summed E-state index contributed by atoms with van der Waals surface area (Å²) in [5, 5.41) is 9.29. The van der Waals surface area contributed by atoms with E-state index in [0.29, 0.717) is 12.4 Å². The normalized spacial score (nSPS) is 9.92. The Kier molecular flexibility index (Phi) is 4.16. The van der Waals surface area contributed by atoms with Crippen LogP contribution in [0.25, 0.3) is 0 Å². The minimum Gasteiger partial charge on any atom is -0.504 e. The van der Waals surface area contributed by atoms with E-state index in [1.165, 1.54) is 6.42 Å². The molecule has 0 heterocycles. The molecule has 0 atom stereocenters. The van der Waals surface area contributed by atoms with E-state index < -0.39 is 0 Å². The fraction of sp³-hybridized carbons (Fsp3) is 0.455. The van der Waals surface area contributed by atoms with Crippen molar-refractivity contribution in [2.75, 3.05) is 6.61 Å². The molecule has 1 rings (SSSR count). The molecule has 0 spiro atoms. The lowest BCUT2D eigenvalue weighted by molar-refractivity contribution is 0.290. The van der Waals surface area contributed by atoms with Crippen LogP contribution in [0.2, 0.25) is 0 Å². The number of phenolic OH excluding ortho intramolecular Hbond substituents is 1. The van der Waals surface area contributed by atoms with Gasteiger partial charge < -0.3 is 9.84 Å². The Hall–Kier alpha value is -1.18. The van der Waals surface area contributed by atoms with Gasteiger partial charge in [-0.15, -0.1) is 0 Å². The van der Waals surface area contributed by atoms with Gasteiger partial charge in [-0.25, -0.2) is 0 Å². The number of aromatic hydroxyl groups is 1. The second-order valence-corrected chi connectivity index (χ2v) is 2.94. The highest BCUT2D eigenvalue weighted by molar-refractivity contribution is 5.36. The second-order valence-electron chi connectivity index (χ2n) is 2.94. The molecule has 71 valence electrons. The Balaban J connectivity index is 2.32. The summed E-state index contributed by atoms with van der Waals surface area (Å²) < 4.78 is 5.36. The predicted octanol–water partition coefficient (Wildman–Crippen LogP) is 2.76. The predicted molar refractivity (Wildman–Crippen MR) is 52.0 cm³/mol. The van der Waals surface area contributed by atoms with Crippen molar-refractivity contribution in [3.8, 4) is 11.5 Å². The molecule has 2 heteroatoms. The third-order valence-corrected chi connectivity index (χ3v) is 1.80. The molecule has 2 nitrogen and oxygen atoms in total. The van der Waals surface area contributed by atoms with Gasteiger partial charge in [-0.2, -0.15) is 0 Å². The first-order valence-electron chi connectivity index (χ1n) is 4.67. The highest BCUT2D eigenvalue weighted by Gasteiger charge is 1.99. The van der Waals surface area contributed by atoms with Crippen LogP contribution in [0.4, 0.5) is 0 Å². The van der Waals surface area contributed by atoms with Gasteiger partial charge >= 0.3 is 0 Å². The van der Waals surface area contributed by atoms with Crippen molar-refractivity contribution >= 4 is 0 Å². The fourth-order valence-corrected chi connectivity index (χ4v) is 1.06. The summed E-state index contributed by atoms with van der Waals surface area (Å²) in [5.41, 5.74) is 0. The van der Waals surface area contributed by atoms with Crippen molar-refractivity contribution in [1.82, 2.24) is 0 Å². The van der Waals surface area contributed by atoms with Crippen LogP contribution >= 0.6 is 0 Å². The zero-order valence-electron chi connectivity index (χ0n) is 7.92. The molecule has 0 unspecified atom stereocenters. The van der Waals surface area contributed by atoms with Gasteiger partial charge in [0.2, 0.25) is 0 Å². The van der Waals surface area contributed by atoms with Crippen LogP contribution in [0, 0.1) is 6.07 Å². The molecule has 0 aromatic heterocycles. The zero-order valence-corrected chi connectivity index (χ0v) is 7.92. The Morgan fingerprint density at radius 3 is 3.00 bits per heavy atom. The molecule has 1 N–H and O–H groups in total. The molecule has 0 saturated heterocycles. The maximum atomic E-state index is 9.29. The Morgan fingerprint density at radius 2 is 2.31 bits per heavy atom. The monoisotopic (exact) mass is 179 g/mol. The summed E-state index contributed by atoms with van der Waals surface area (Å²) in [4.78, 5) is 0. The number of unbranched alkanes of at least 4 members (excludes halogenated alkanes) is 2. The Labute approximate surface area is 79.2 Å². The lowest BCUT2D eigenvalue weighted by Gasteiger charge is -2.06. The average molecular weight is 179 g/mol. The maximum Gasteiger partial charge on any atom is 0.165 e. The van der Waals surface area contributed by atoms with E-state index >= 15 is 0 Å². The zero-order chi connectivity index (χ0) is 9.52. The highest BCUT2D eigenvalue weighted by atomic mass is 16.5. The van der Waals surface area contributed by atoms with Gasteiger partial charge in [-0.3, -0.25) is 0 Å². The van der Waals surface area contributed by atoms with Crippen molar-refractivity contribution in [1.29, 1.82) is 0 Å². The molecule has 0 amide bonds. The third kappa shape index (κ3) is 3.36. The number of phenols is 1. The van der Waals surface area contributed by atoms with Crippen molar-refractivity contribution in [2.45, 2.75) is 26.2 Å². The van der Waals surface area contributed by atoms with Crippen LogP contribution in [0.3, 0.4) is 0 Å². The molecular weight excluding hydrogens is 164 g/mol. The number of hydrogen-bond acceptors (Lipinski definition) is 2. The third-order valence-electron chi connectivity index (χ3n) is 1.80. The van der Waals surface area contributed by atoms with Gasteiger partial charge in [0.1, 0.15) is 0 Å². The molecular formula is C11H15O2. The molecule has 1 aromatic rings. The largest absolute Gasteiger partial charge is 0.504 e. The van der Waals surface area contributed by atoms with Gasteiger partial charge in [-0.05, 0) is 12.5 Å². The second kappa shape index (κ2) is 5.46. The number of ether oxygens (including phenoxy) is 1. The lowest BCUT2D eigenvalue weighted by atomic mass is 10.3. The summed E-state index contributed by atoms with van der Waals surface area (Å²) >= 11 is 0. The Bertz CT molecular complexity index is 246. The van der Waals surface area contributed by atoms with Gasteiger partial charge in [0.25, 0.3) is 0 Å². The number of hydrogen-bond donors (Lipinski definition) is 1. The molecule has 0 saturated carbocycles. The SMILES string of the molecule is CCCCCOc1ccc[c]c1O. The topological polar surface area (TPSA) is 29.5 Å². The number of benzene rings is 1. The van der Waals surface area contributed by atoms with Crippen LogP contribution in [0.5, 0.6) is 11.5 Å². The van der Waals surface area contributed by atoms with Crippen molar-refractivity contribution in [2.24, 2.45) is 0 Å². The summed E-state index contributed by atoms with van der Waals surface area (Å²) in [6, 6.07) is 7.88. The molecule has 0 aliphatic heterocycles. The first kappa shape index (κ1) is 9.90. The quantitative estimate of drug-likeness (QED) is 0.704. The highest BCUT2D eigenvalue weighted by Crippen LogP contribution is 2.23. The van der Waals surface area contributed by atoms with E-state index in [0.717, 1.165) is 12.8 Å². The summed E-state index contributed by atoms with van der Waals surface area (Å²) in [6.45, 7) is 2.81. The standard InChI is InChI=1S/C11H15O2/c1-2-3-6-9-13-11-8-5-4-7-10(11)12/h4-5,8,12H,2-3,6,9H2,1H3. The molecule has 0 bridgehead atoms. The smallest absolute Gasteiger partial charge is 0.165 e. The van der Waals surface area contributed by atoms with Gasteiger partial charge in [0, 0.05) is 6.07 Å². The molecule has 0 fully saturated rings. The van der Waals surface area contributed by atoms with Crippen LogP contribution in [-0.4, -0.2) is 11.7 Å². The minimum absolute atomic E-state index is 0.0963. The van der Waals surface area contributed by atoms with E-state index in [1.54, 1.807) is 18.2 Å². The van der Waals surface area contributed by atoms with E-state index in [4.69, 9.17) is 4.74 Å². The van der Waals surface area contributed by atoms with Crippen molar-refractivity contribution in [3.05, 3.63) is 24.3 Å². The van der Waals surface area contributed by atoms with E-state index in [2.05, 4.69) is 13.0 Å². The summed E-state index contributed by atoms with van der Waals surface area (Å²) in [5.74, 6) is 0.623. The molecule has 1 radical (unpaired) electrons. The average Bonchev–Trinajstić information content (AvgIpc) is 2.15. The lowest BCUT2D eigenvalue weighted by Crippen LogP contribution is -1.96. The van der Waals surface area contributed by atoms with Gasteiger partial charge in [0.15, 0.2) is 11.5 Å². The summed E-state index contributed by atoms with van der Waals surface area (Å²) in [6.07, 6.45) is 3.37. The molecule has 13 heavy (non-hydrogen) atoms. The Morgan fingerprint density at radius 1 is 1.46 bits per heavy atom. The van der Waals surface area contributed by atoms with Crippen LogP contribution in [0.15, 0.2) is 18.2 Å². The van der Waals surface area contributed by atoms with E-state index in [1.807, 2.05) is 0 Å². The van der Waals surface area contributed by atoms with Crippen LogP contribution in [0.1, 0.15) is 26.2 Å². The minimum atomic E-state index is 0.0963. The van der Waals surface area contributed by atoms with Crippen LogP contribution in [-0.2, 0) is 0 Å². The number of para-hydroxylation sites is 1. The van der Waals surface area contributed by atoms with Gasteiger partial charge in [-0.1, -0.05) is 31.9 Å². The molecule has 1 aromatic carbocycles. The number of rotatable bonds is 5. The van der Waals surface area contributed by atoms with Gasteiger partial charge in [0.05, 0.1) is 6.61 Å². The van der Waals surface area contributed by atoms with Crippen molar-refractivity contribution < 1.29 is 9.84 Å². The fourth-order valence-electron chi connectivity index (χ4n) is 1.06. The first-order valence-corrected chi connectivity index (χ1v) is 4.67. The van der Waals surface area contributed by atoms with E-state index in [9.17, 15) is 5.11 Å². The summed E-state index contributed by atoms with van der Waals surface area (Å²) in [7, 11) is 0. The first-order chi connectivity index (χ1) is 6.34.